The molecule has 0 aliphatic carbocycles. The molecule has 0 N–H and O–H groups in total. The summed E-state index contributed by atoms with van der Waals surface area (Å²) in [5.41, 5.74) is 3.31. The number of hydrogen-bond donors (Lipinski definition) is 0. The molecular weight excluding hydrogens is 360 g/mol. The molecule has 0 bridgehead atoms. The molecule has 1 aromatic heterocycles. The van der Waals surface area contributed by atoms with Gasteiger partial charge in [-0.15, -0.1) is 18.3 Å². The van der Waals surface area contributed by atoms with Gasteiger partial charge in [-0.3, -0.25) is 9.78 Å². The lowest BCUT2D eigenvalue weighted by molar-refractivity contribution is -0.127. The third kappa shape index (κ3) is 2.96. The Hall–Kier alpha value is -1.59. The molecule has 1 unspecified atom stereocenters. The number of thioether (sulfide) groups is 1. The van der Waals surface area contributed by atoms with Crippen molar-refractivity contribution in [3.63, 3.8) is 0 Å². The highest BCUT2D eigenvalue weighted by molar-refractivity contribution is 9.10. The van der Waals surface area contributed by atoms with Crippen molar-refractivity contribution in [2.24, 2.45) is 0 Å². The fourth-order valence-corrected chi connectivity index (χ4v) is 4.03. The highest BCUT2D eigenvalue weighted by Gasteiger charge is 2.33. The smallest absolute Gasteiger partial charge is 0.234 e. The van der Waals surface area contributed by atoms with E-state index in [1.165, 1.54) is 0 Å². The second-order valence-electron chi connectivity index (χ2n) is 4.97. The van der Waals surface area contributed by atoms with E-state index in [4.69, 9.17) is 0 Å². The molecular formula is C17H15BrN2OS. The number of hydrogen-bond acceptors (Lipinski definition) is 3. The van der Waals surface area contributed by atoms with Crippen LogP contribution in [0.3, 0.4) is 0 Å². The number of amides is 1. The summed E-state index contributed by atoms with van der Waals surface area (Å²) in [5, 5.41) is -0.00199. The van der Waals surface area contributed by atoms with Gasteiger partial charge in [-0.2, -0.15) is 0 Å². The minimum Gasteiger partial charge on any atom is -0.322 e. The van der Waals surface area contributed by atoms with Gasteiger partial charge < -0.3 is 4.90 Å². The van der Waals surface area contributed by atoms with E-state index in [2.05, 4.69) is 39.6 Å². The van der Waals surface area contributed by atoms with E-state index in [-0.39, 0.29) is 11.3 Å². The quantitative estimate of drug-likeness (QED) is 0.749. The zero-order valence-electron chi connectivity index (χ0n) is 11.9. The van der Waals surface area contributed by atoms with Crippen LogP contribution in [-0.4, -0.2) is 28.1 Å². The first-order chi connectivity index (χ1) is 10.7. The Morgan fingerprint density at radius 3 is 2.86 bits per heavy atom. The number of pyridine rings is 1. The maximum absolute atomic E-state index is 12.1. The third-order valence-corrected chi connectivity index (χ3v) is 5.33. The van der Waals surface area contributed by atoms with E-state index in [0.717, 1.165) is 21.2 Å². The van der Waals surface area contributed by atoms with E-state index < -0.39 is 0 Å². The fraction of sp³-hybridized carbons (Fsp3) is 0.176. The Morgan fingerprint density at radius 2 is 2.14 bits per heavy atom. The van der Waals surface area contributed by atoms with Gasteiger partial charge in [0.25, 0.3) is 0 Å². The van der Waals surface area contributed by atoms with Gasteiger partial charge in [-0.25, -0.2) is 0 Å². The summed E-state index contributed by atoms with van der Waals surface area (Å²) in [7, 11) is 0. The lowest BCUT2D eigenvalue weighted by atomic mass is 10.0. The molecule has 1 amide bonds. The molecule has 2 aromatic rings. The van der Waals surface area contributed by atoms with Crippen LogP contribution in [0.4, 0.5) is 0 Å². The molecule has 2 heterocycles. The van der Waals surface area contributed by atoms with E-state index >= 15 is 0 Å². The van der Waals surface area contributed by atoms with Crippen LogP contribution in [0.2, 0.25) is 0 Å². The van der Waals surface area contributed by atoms with Gasteiger partial charge in [-0.05, 0) is 29.3 Å². The molecule has 1 saturated heterocycles. The zero-order valence-corrected chi connectivity index (χ0v) is 14.3. The first-order valence-corrected chi connectivity index (χ1v) is 8.76. The average Bonchev–Trinajstić information content (AvgIpc) is 2.90. The molecule has 0 radical (unpaired) electrons. The summed E-state index contributed by atoms with van der Waals surface area (Å²) in [5.74, 6) is 0.660. The predicted octanol–water partition coefficient (Wildman–Crippen LogP) is 4.27. The van der Waals surface area contributed by atoms with E-state index in [0.29, 0.717) is 12.3 Å². The number of halogens is 1. The largest absolute Gasteiger partial charge is 0.322 e. The molecule has 1 aliphatic heterocycles. The fourth-order valence-electron chi connectivity index (χ4n) is 2.54. The van der Waals surface area contributed by atoms with Crippen molar-refractivity contribution in [1.82, 2.24) is 9.88 Å². The number of carbonyl (C=O) groups is 1. The van der Waals surface area contributed by atoms with E-state index in [9.17, 15) is 4.79 Å². The van der Waals surface area contributed by atoms with Crippen molar-refractivity contribution >= 4 is 33.6 Å². The summed E-state index contributed by atoms with van der Waals surface area (Å²) in [6, 6.07) is 10.2. The summed E-state index contributed by atoms with van der Waals surface area (Å²) in [6.07, 6.45) is 5.43. The molecule has 1 aliphatic rings. The first kappa shape index (κ1) is 15.3. The van der Waals surface area contributed by atoms with Gasteiger partial charge >= 0.3 is 0 Å². The number of carbonyl (C=O) groups excluding carboxylic acids is 1. The van der Waals surface area contributed by atoms with Crippen LogP contribution in [0.5, 0.6) is 0 Å². The zero-order chi connectivity index (χ0) is 15.5. The maximum atomic E-state index is 12.1. The van der Waals surface area contributed by atoms with Gasteiger partial charge in [0.1, 0.15) is 5.37 Å². The molecule has 3 nitrogen and oxygen atoms in total. The third-order valence-electron chi connectivity index (χ3n) is 3.57. The van der Waals surface area contributed by atoms with Crippen molar-refractivity contribution in [3.05, 3.63) is 65.4 Å². The molecule has 0 saturated carbocycles. The molecule has 1 atom stereocenters. The molecule has 112 valence electrons. The number of aromatic nitrogens is 1. The van der Waals surface area contributed by atoms with Crippen molar-refractivity contribution in [1.29, 1.82) is 0 Å². The van der Waals surface area contributed by atoms with Crippen LogP contribution >= 0.6 is 27.7 Å². The van der Waals surface area contributed by atoms with Crippen molar-refractivity contribution in [2.45, 2.75) is 5.37 Å². The highest BCUT2D eigenvalue weighted by atomic mass is 79.9. The van der Waals surface area contributed by atoms with Crippen molar-refractivity contribution in [2.75, 3.05) is 12.3 Å². The average molecular weight is 375 g/mol. The Bertz CT molecular complexity index is 702. The number of rotatable bonds is 4. The Labute approximate surface area is 142 Å². The maximum Gasteiger partial charge on any atom is 0.234 e. The van der Waals surface area contributed by atoms with Crippen LogP contribution in [0.1, 0.15) is 10.9 Å². The second-order valence-corrected chi connectivity index (χ2v) is 6.95. The van der Waals surface area contributed by atoms with Crippen LogP contribution < -0.4 is 0 Å². The Morgan fingerprint density at radius 1 is 1.36 bits per heavy atom. The van der Waals surface area contributed by atoms with Crippen LogP contribution in [-0.2, 0) is 4.79 Å². The molecule has 1 aromatic carbocycles. The topological polar surface area (TPSA) is 33.2 Å². The lowest BCUT2D eigenvalue weighted by Gasteiger charge is -2.24. The Kier molecular flexibility index (Phi) is 4.64. The highest BCUT2D eigenvalue weighted by Crippen LogP contribution is 2.42. The summed E-state index contributed by atoms with van der Waals surface area (Å²) in [4.78, 5) is 18.2. The monoisotopic (exact) mass is 374 g/mol. The summed E-state index contributed by atoms with van der Waals surface area (Å²) < 4.78 is 1.05. The van der Waals surface area contributed by atoms with E-state index in [1.807, 2.05) is 29.3 Å². The SMILES string of the molecule is C=CCN1C(=O)CSC1c1cnccc1-c1ccc(Br)cc1. The van der Waals surface area contributed by atoms with Crippen LogP contribution in [0.15, 0.2) is 59.9 Å². The molecule has 3 rings (SSSR count). The predicted molar refractivity (Wildman–Crippen MR) is 94.5 cm³/mol. The van der Waals surface area contributed by atoms with Crippen molar-refractivity contribution < 1.29 is 4.79 Å². The minimum atomic E-state index is -0.00199. The lowest BCUT2D eigenvalue weighted by Crippen LogP contribution is -2.28. The number of nitrogens with zero attached hydrogens (tertiary/aromatic N) is 2. The normalized spacial score (nSPS) is 17.8. The standard InChI is InChI=1S/C17H15BrN2OS/c1-2-9-20-16(21)11-22-17(20)15-10-19-8-7-14(15)12-3-5-13(18)6-4-12/h2-8,10,17H,1,9,11H2. The first-order valence-electron chi connectivity index (χ1n) is 6.92. The molecule has 0 spiro atoms. The van der Waals surface area contributed by atoms with Crippen molar-refractivity contribution in [3.8, 4) is 11.1 Å². The summed E-state index contributed by atoms with van der Waals surface area (Å²) >= 11 is 5.10. The second kappa shape index (κ2) is 6.67. The van der Waals surface area contributed by atoms with Gasteiger partial charge in [0.15, 0.2) is 0 Å². The molecule has 22 heavy (non-hydrogen) atoms. The molecule has 1 fully saturated rings. The van der Waals surface area contributed by atoms with Gasteiger partial charge in [0, 0.05) is 29.0 Å². The Balaban J connectivity index is 2.02. The van der Waals surface area contributed by atoms with Crippen LogP contribution in [0, 0.1) is 0 Å². The van der Waals surface area contributed by atoms with E-state index in [1.54, 1.807) is 24.0 Å². The van der Waals surface area contributed by atoms with Gasteiger partial charge in [-0.1, -0.05) is 34.1 Å². The van der Waals surface area contributed by atoms with Gasteiger partial charge in [0.05, 0.1) is 5.75 Å². The minimum absolute atomic E-state index is 0.00199. The summed E-state index contributed by atoms with van der Waals surface area (Å²) in [6.45, 7) is 4.31. The van der Waals surface area contributed by atoms with Gasteiger partial charge in [0.2, 0.25) is 5.91 Å². The number of benzene rings is 1. The molecule has 5 heteroatoms. The van der Waals surface area contributed by atoms with Crippen LogP contribution in [0.25, 0.3) is 11.1 Å².